The van der Waals surface area contributed by atoms with Crippen molar-refractivity contribution in [2.45, 2.75) is 32.2 Å². The van der Waals surface area contributed by atoms with Crippen LogP contribution >= 0.6 is 11.3 Å². The molecule has 0 amide bonds. The summed E-state index contributed by atoms with van der Waals surface area (Å²) in [5, 5.41) is 0.748. The van der Waals surface area contributed by atoms with Crippen LogP contribution in [0.2, 0.25) is 0 Å². The Bertz CT molecular complexity index is 958. The van der Waals surface area contributed by atoms with Gasteiger partial charge in [0.15, 0.2) is 10.8 Å². The number of furan rings is 1. The van der Waals surface area contributed by atoms with Crippen LogP contribution in [-0.4, -0.2) is 13.4 Å². The van der Waals surface area contributed by atoms with Gasteiger partial charge in [-0.05, 0) is 56.2 Å². The first-order chi connectivity index (χ1) is 11.4. The van der Waals surface area contributed by atoms with E-state index in [9.17, 15) is 8.42 Å². The fourth-order valence-corrected chi connectivity index (χ4v) is 4.36. The highest BCUT2D eigenvalue weighted by molar-refractivity contribution is 7.89. The topological polar surface area (TPSA) is 72.2 Å². The second-order valence-corrected chi connectivity index (χ2v) is 8.43. The number of nitrogens with zero attached hydrogens (tertiary/aromatic N) is 1. The fourth-order valence-electron chi connectivity index (χ4n) is 2.22. The van der Waals surface area contributed by atoms with Gasteiger partial charge in [0.05, 0.1) is 16.9 Å². The van der Waals surface area contributed by atoms with E-state index >= 15 is 0 Å². The van der Waals surface area contributed by atoms with Crippen molar-refractivity contribution in [3.8, 4) is 10.8 Å². The first kappa shape index (κ1) is 16.9. The van der Waals surface area contributed by atoms with E-state index in [-0.39, 0.29) is 11.4 Å². The van der Waals surface area contributed by atoms with Crippen LogP contribution in [0.15, 0.2) is 45.9 Å². The highest BCUT2D eigenvalue weighted by Gasteiger charge is 2.17. The Hall–Kier alpha value is -1.96. The molecule has 3 rings (SSSR count). The third-order valence-corrected chi connectivity index (χ3v) is 6.41. The lowest BCUT2D eigenvalue weighted by Crippen LogP contribution is -2.23. The zero-order valence-electron chi connectivity index (χ0n) is 13.7. The molecule has 5 nitrogen and oxygen atoms in total. The van der Waals surface area contributed by atoms with Crippen LogP contribution in [0, 0.1) is 20.8 Å². The summed E-state index contributed by atoms with van der Waals surface area (Å²) in [6.45, 7) is 5.93. The fraction of sp³-hybridized carbons (Fsp3) is 0.235. The van der Waals surface area contributed by atoms with Gasteiger partial charge < -0.3 is 4.42 Å². The number of sulfonamides is 1. The molecule has 0 saturated carbocycles. The Morgan fingerprint density at radius 3 is 2.62 bits per heavy atom. The molecular weight excluding hydrogens is 344 g/mol. The molecule has 3 aromatic rings. The molecule has 2 heterocycles. The van der Waals surface area contributed by atoms with Crippen LogP contribution in [0.3, 0.4) is 0 Å². The molecule has 0 fully saturated rings. The number of rotatable bonds is 5. The van der Waals surface area contributed by atoms with Crippen LogP contribution in [-0.2, 0) is 16.6 Å². The molecule has 1 aromatic carbocycles. The maximum atomic E-state index is 12.5. The first-order valence-corrected chi connectivity index (χ1v) is 9.74. The number of thiazole rings is 1. The molecule has 0 aliphatic rings. The molecule has 0 spiro atoms. The average Bonchev–Trinajstić information content (AvgIpc) is 3.17. The predicted molar refractivity (Wildman–Crippen MR) is 94.5 cm³/mol. The van der Waals surface area contributed by atoms with Crippen molar-refractivity contribution in [3.63, 3.8) is 0 Å². The number of nitrogens with one attached hydrogen (secondary N) is 1. The standard InChI is InChI=1S/C17H18N2O3S2/c1-11-6-7-14(9-12(11)2)24(20,21)18-10-16-13(3)19-17(23-16)15-5-4-8-22-15/h4-9,18H,10H2,1-3H3. The average molecular weight is 362 g/mol. The largest absolute Gasteiger partial charge is 0.462 e. The quantitative estimate of drug-likeness (QED) is 0.749. The van der Waals surface area contributed by atoms with Crippen molar-refractivity contribution in [1.82, 2.24) is 9.71 Å². The van der Waals surface area contributed by atoms with E-state index in [1.807, 2.05) is 32.9 Å². The van der Waals surface area contributed by atoms with Crippen LogP contribution < -0.4 is 4.72 Å². The molecule has 0 saturated heterocycles. The highest BCUT2D eigenvalue weighted by atomic mass is 32.2. The normalized spacial score (nSPS) is 11.8. The van der Waals surface area contributed by atoms with Crippen molar-refractivity contribution < 1.29 is 12.8 Å². The van der Waals surface area contributed by atoms with Gasteiger partial charge in [-0.1, -0.05) is 6.07 Å². The molecular formula is C17H18N2O3S2. The third-order valence-electron chi connectivity index (χ3n) is 3.84. The van der Waals surface area contributed by atoms with E-state index in [0.29, 0.717) is 5.76 Å². The number of hydrogen-bond acceptors (Lipinski definition) is 5. The van der Waals surface area contributed by atoms with Crippen molar-refractivity contribution in [1.29, 1.82) is 0 Å². The monoisotopic (exact) mass is 362 g/mol. The van der Waals surface area contributed by atoms with Gasteiger partial charge in [0.2, 0.25) is 10.0 Å². The van der Waals surface area contributed by atoms with Crippen molar-refractivity contribution in [3.05, 3.63) is 58.3 Å². The van der Waals surface area contributed by atoms with Crippen molar-refractivity contribution >= 4 is 21.4 Å². The molecule has 0 aliphatic carbocycles. The first-order valence-electron chi connectivity index (χ1n) is 7.44. The summed E-state index contributed by atoms with van der Waals surface area (Å²) in [6.07, 6.45) is 1.59. The third kappa shape index (κ3) is 3.43. The smallest absolute Gasteiger partial charge is 0.240 e. The van der Waals surface area contributed by atoms with Gasteiger partial charge >= 0.3 is 0 Å². The van der Waals surface area contributed by atoms with E-state index in [1.165, 1.54) is 11.3 Å². The summed E-state index contributed by atoms with van der Waals surface area (Å²) in [5.41, 5.74) is 2.82. The summed E-state index contributed by atoms with van der Waals surface area (Å²) < 4.78 is 32.9. The van der Waals surface area contributed by atoms with Gasteiger partial charge in [0.1, 0.15) is 0 Å². The van der Waals surface area contributed by atoms with Gasteiger partial charge in [-0.25, -0.2) is 18.1 Å². The van der Waals surface area contributed by atoms with Crippen LogP contribution in [0.4, 0.5) is 0 Å². The van der Waals surface area contributed by atoms with Crippen LogP contribution in [0.5, 0.6) is 0 Å². The van der Waals surface area contributed by atoms with Gasteiger partial charge in [-0.15, -0.1) is 11.3 Å². The number of hydrogen-bond donors (Lipinski definition) is 1. The Balaban J connectivity index is 1.78. The van der Waals surface area contributed by atoms with Crippen LogP contribution in [0.25, 0.3) is 10.8 Å². The summed E-state index contributed by atoms with van der Waals surface area (Å²) in [7, 11) is -3.55. The minimum atomic E-state index is -3.55. The molecule has 0 unspecified atom stereocenters. The SMILES string of the molecule is Cc1ccc(S(=O)(=O)NCc2sc(-c3ccco3)nc2C)cc1C. The number of benzene rings is 1. The minimum absolute atomic E-state index is 0.208. The molecule has 0 radical (unpaired) electrons. The van der Waals surface area contributed by atoms with E-state index < -0.39 is 10.0 Å². The molecule has 1 N–H and O–H groups in total. The molecule has 2 aromatic heterocycles. The summed E-state index contributed by atoms with van der Waals surface area (Å²) in [5.74, 6) is 0.686. The lowest BCUT2D eigenvalue weighted by molar-refractivity contribution is 0.580. The van der Waals surface area contributed by atoms with E-state index in [0.717, 1.165) is 26.7 Å². The maximum Gasteiger partial charge on any atom is 0.240 e. The predicted octanol–water partition coefficient (Wildman–Crippen LogP) is 3.81. The van der Waals surface area contributed by atoms with Crippen molar-refractivity contribution in [2.75, 3.05) is 0 Å². The Morgan fingerprint density at radius 2 is 1.96 bits per heavy atom. The van der Waals surface area contributed by atoms with Crippen molar-refractivity contribution in [2.24, 2.45) is 0 Å². The summed E-state index contributed by atoms with van der Waals surface area (Å²) >= 11 is 1.43. The maximum absolute atomic E-state index is 12.5. The number of aryl methyl sites for hydroxylation is 3. The van der Waals surface area contributed by atoms with E-state index in [4.69, 9.17) is 4.42 Å². The number of aromatic nitrogens is 1. The molecule has 0 aliphatic heterocycles. The lowest BCUT2D eigenvalue weighted by Gasteiger charge is -2.08. The minimum Gasteiger partial charge on any atom is -0.462 e. The molecule has 0 atom stereocenters. The van der Waals surface area contributed by atoms with Gasteiger partial charge in [-0.2, -0.15) is 0 Å². The molecule has 126 valence electrons. The van der Waals surface area contributed by atoms with Gasteiger partial charge in [0, 0.05) is 11.4 Å². The molecule has 24 heavy (non-hydrogen) atoms. The zero-order chi connectivity index (χ0) is 17.3. The second kappa shape index (κ2) is 6.51. The van der Waals surface area contributed by atoms with Gasteiger partial charge in [-0.3, -0.25) is 0 Å². The Kier molecular flexibility index (Phi) is 4.58. The summed E-state index contributed by atoms with van der Waals surface area (Å²) in [4.78, 5) is 5.59. The zero-order valence-corrected chi connectivity index (χ0v) is 15.3. The van der Waals surface area contributed by atoms with E-state index in [2.05, 4.69) is 9.71 Å². The molecule has 0 bridgehead atoms. The van der Waals surface area contributed by atoms with Crippen LogP contribution in [0.1, 0.15) is 21.7 Å². The Morgan fingerprint density at radius 1 is 1.17 bits per heavy atom. The summed E-state index contributed by atoms with van der Waals surface area (Å²) in [6, 6.07) is 8.76. The van der Waals surface area contributed by atoms with E-state index in [1.54, 1.807) is 24.5 Å². The van der Waals surface area contributed by atoms with Gasteiger partial charge in [0.25, 0.3) is 0 Å². The molecule has 7 heteroatoms. The highest BCUT2D eigenvalue weighted by Crippen LogP contribution is 2.28. The Labute approximate surface area is 145 Å². The second-order valence-electron chi connectivity index (χ2n) is 5.58. The lowest BCUT2D eigenvalue weighted by atomic mass is 10.1.